The van der Waals surface area contributed by atoms with Gasteiger partial charge in [0.2, 0.25) is 0 Å². The molecule has 182 valence electrons. The van der Waals surface area contributed by atoms with Crippen LogP contribution in [0.15, 0.2) is 78.2 Å². The van der Waals surface area contributed by atoms with Crippen LogP contribution in [0.25, 0.3) is 11.1 Å². The fourth-order valence-electron chi connectivity index (χ4n) is 3.92. The van der Waals surface area contributed by atoms with Crippen molar-refractivity contribution in [2.75, 3.05) is 31.2 Å². The average molecular weight is 486 g/mol. The molecule has 2 aromatic carbocycles. The predicted molar refractivity (Wildman–Crippen MR) is 133 cm³/mol. The molecule has 1 aliphatic rings. The zero-order valence-corrected chi connectivity index (χ0v) is 19.4. The lowest BCUT2D eigenvalue weighted by molar-refractivity contribution is 0.0955. The fourth-order valence-corrected chi connectivity index (χ4v) is 3.92. The maximum Gasteiger partial charge on any atom is 0.271 e. The molecular weight excluding hydrogens is 461 g/mol. The lowest BCUT2D eigenvalue weighted by Gasteiger charge is -2.29. The highest BCUT2D eigenvalue weighted by molar-refractivity contribution is 5.94. The first-order chi connectivity index (χ1) is 17.7. The molecule has 1 N–H and O–H groups in total. The van der Waals surface area contributed by atoms with E-state index in [0.29, 0.717) is 31.0 Å². The monoisotopic (exact) mass is 485 g/mol. The van der Waals surface area contributed by atoms with Crippen LogP contribution in [0.4, 0.5) is 10.2 Å². The molecule has 0 aliphatic carbocycles. The molecule has 0 unspecified atom stereocenters. The minimum absolute atomic E-state index is 0.304. The molecule has 0 radical (unpaired) electrons. The Balaban J connectivity index is 1.32. The minimum Gasteiger partial charge on any atom is -0.378 e. The van der Waals surface area contributed by atoms with Crippen molar-refractivity contribution in [1.29, 1.82) is 0 Å². The molecule has 0 bridgehead atoms. The van der Waals surface area contributed by atoms with Crippen LogP contribution < -0.4 is 10.3 Å². The number of amides is 1. The Morgan fingerprint density at radius 2 is 1.86 bits per heavy atom. The van der Waals surface area contributed by atoms with Gasteiger partial charge in [-0.1, -0.05) is 35.5 Å². The van der Waals surface area contributed by atoms with Gasteiger partial charge in [0, 0.05) is 36.0 Å². The van der Waals surface area contributed by atoms with Gasteiger partial charge in [-0.3, -0.25) is 4.79 Å². The molecule has 0 saturated carbocycles. The second kappa shape index (κ2) is 10.9. The number of anilines is 1. The molecule has 5 rings (SSSR count). The number of hydrogen-bond acceptors (Lipinski definition) is 7. The minimum atomic E-state index is -0.447. The van der Waals surface area contributed by atoms with Gasteiger partial charge in [0.15, 0.2) is 0 Å². The van der Waals surface area contributed by atoms with Crippen molar-refractivity contribution in [3.63, 3.8) is 0 Å². The zero-order chi connectivity index (χ0) is 24.7. The van der Waals surface area contributed by atoms with Gasteiger partial charge in [0.25, 0.3) is 5.91 Å². The number of carbonyl (C=O) groups is 1. The lowest BCUT2D eigenvalue weighted by atomic mass is 10.1. The number of ether oxygens (including phenoxy) is 1. The highest BCUT2D eigenvalue weighted by Gasteiger charge is 2.18. The molecule has 0 spiro atoms. The molecule has 36 heavy (non-hydrogen) atoms. The van der Waals surface area contributed by atoms with Crippen LogP contribution >= 0.6 is 0 Å². The topological polar surface area (TPSA) is 97.5 Å². The first kappa shape index (κ1) is 23.3. The molecule has 0 atom stereocenters. The summed E-state index contributed by atoms with van der Waals surface area (Å²) < 4.78 is 20.2. The molecule has 1 saturated heterocycles. The van der Waals surface area contributed by atoms with E-state index in [1.807, 2.05) is 24.4 Å². The molecule has 9 nitrogen and oxygen atoms in total. The lowest BCUT2D eigenvalue weighted by Crippen LogP contribution is -2.37. The number of rotatable bonds is 7. The van der Waals surface area contributed by atoms with Crippen molar-refractivity contribution in [1.82, 2.24) is 25.4 Å². The number of nitrogens with zero attached hydrogens (tertiary/aromatic N) is 6. The van der Waals surface area contributed by atoms with Gasteiger partial charge in [-0.15, -0.1) is 5.10 Å². The fraction of sp³-hybridized carbons (Fsp3) is 0.192. The third-order valence-corrected chi connectivity index (χ3v) is 5.72. The molecule has 3 heterocycles. The molecule has 4 aromatic rings. The Morgan fingerprint density at radius 3 is 2.64 bits per heavy atom. The van der Waals surface area contributed by atoms with Crippen LogP contribution in [-0.4, -0.2) is 58.4 Å². The average Bonchev–Trinajstić information content (AvgIpc) is 3.37. The van der Waals surface area contributed by atoms with Crippen LogP contribution in [0.3, 0.4) is 0 Å². The maximum atomic E-state index is 13.0. The SMILES string of the molecule is O=C(N/N=C/c1cn(Cc2cc(-c3ccccc3)cnc2N2CCOCC2)nn1)c1ccc(F)cc1. The van der Waals surface area contributed by atoms with E-state index in [-0.39, 0.29) is 0 Å². The van der Waals surface area contributed by atoms with E-state index in [4.69, 9.17) is 9.72 Å². The summed E-state index contributed by atoms with van der Waals surface area (Å²) in [5.74, 6) is 0.0424. The van der Waals surface area contributed by atoms with Crippen molar-refractivity contribution in [3.05, 3.63) is 95.7 Å². The summed E-state index contributed by atoms with van der Waals surface area (Å²) >= 11 is 0. The van der Waals surface area contributed by atoms with Crippen molar-refractivity contribution in [2.24, 2.45) is 5.10 Å². The number of hydrogen-bond donors (Lipinski definition) is 1. The summed E-state index contributed by atoms with van der Waals surface area (Å²) in [6, 6.07) is 17.4. The quantitative estimate of drug-likeness (QED) is 0.319. The van der Waals surface area contributed by atoms with Gasteiger partial charge in [0.1, 0.15) is 17.3 Å². The number of pyridine rings is 1. The van der Waals surface area contributed by atoms with E-state index >= 15 is 0 Å². The largest absolute Gasteiger partial charge is 0.378 e. The Hall–Kier alpha value is -4.44. The van der Waals surface area contributed by atoms with E-state index in [9.17, 15) is 9.18 Å². The third-order valence-electron chi connectivity index (χ3n) is 5.72. The normalized spacial score (nSPS) is 13.8. The van der Waals surface area contributed by atoms with E-state index in [2.05, 4.69) is 43.9 Å². The highest BCUT2D eigenvalue weighted by atomic mass is 19.1. The van der Waals surface area contributed by atoms with Crippen LogP contribution in [0.2, 0.25) is 0 Å². The van der Waals surface area contributed by atoms with E-state index < -0.39 is 11.7 Å². The summed E-state index contributed by atoms with van der Waals surface area (Å²) in [6.07, 6.45) is 5.05. The summed E-state index contributed by atoms with van der Waals surface area (Å²) in [5.41, 5.74) is 6.31. The molecule has 1 amide bonds. The molecular formula is C26H24FN7O2. The van der Waals surface area contributed by atoms with Crippen molar-refractivity contribution in [3.8, 4) is 11.1 Å². The van der Waals surface area contributed by atoms with Crippen molar-refractivity contribution >= 4 is 17.9 Å². The molecule has 2 aromatic heterocycles. The van der Waals surface area contributed by atoms with Crippen LogP contribution in [-0.2, 0) is 11.3 Å². The number of halogens is 1. The van der Waals surface area contributed by atoms with Crippen LogP contribution in [0, 0.1) is 5.82 Å². The first-order valence-corrected chi connectivity index (χ1v) is 11.5. The number of carbonyl (C=O) groups excluding carboxylic acids is 1. The van der Waals surface area contributed by atoms with Gasteiger partial charge in [-0.25, -0.2) is 19.5 Å². The van der Waals surface area contributed by atoms with Crippen LogP contribution in [0.5, 0.6) is 0 Å². The van der Waals surface area contributed by atoms with Gasteiger partial charge in [-0.05, 0) is 35.9 Å². The zero-order valence-electron chi connectivity index (χ0n) is 19.4. The van der Waals surface area contributed by atoms with E-state index in [1.54, 1.807) is 10.9 Å². The molecule has 1 aliphatic heterocycles. The van der Waals surface area contributed by atoms with Crippen molar-refractivity contribution < 1.29 is 13.9 Å². The number of morpholine rings is 1. The molecule has 1 fully saturated rings. The third kappa shape index (κ3) is 5.61. The number of benzene rings is 2. The van der Waals surface area contributed by atoms with Crippen molar-refractivity contribution in [2.45, 2.75) is 6.54 Å². The van der Waals surface area contributed by atoms with Gasteiger partial charge < -0.3 is 9.64 Å². The summed E-state index contributed by atoms with van der Waals surface area (Å²) in [6.45, 7) is 3.33. The standard InChI is InChI=1S/C26H24FN7O2/c27-23-8-6-20(7-9-23)26(35)31-29-16-24-18-34(32-30-24)17-22-14-21(19-4-2-1-3-5-19)15-28-25(22)33-10-12-36-13-11-33/h1-9,14-16,18H,10-13,17H2,(H,31,35)/b29-16+. The first-order valence-electron chi connectivity index (χ1n) is 11.5. The van der Waals surface area contributed by atoms with Crippen LogP contribution in [0.1, 0.15) is 21.6 Å². The molecule has 10 heteroatoms. The number of aromatic nitrogens is 4. The van der Waals surface area contributed by atoms with Gasteiger partial charge in [-0.2, -0.15) is 5.10 Å². The number of hydrazone groups is 1. The van der Waals surface area contributed by atoms with Gasteiger partial charge >= 0.3 is 0 Å². The summed E-state index contributed by atoms with van der Waals surface area (Å²) in [5, 5.41) is 12.3. The number of nitrogens with one attached hydrogen (secondary N) is 1. The Bertz CT molecular complexity index is 1350. The highest BCUT2D eigenvalue weighted by Crippen LogP contribution is 2.26. The Labute approximate surface area is 207 Å². The Morgan fingerprint density at radius 1 is 1.08 bits per heavy atom. The Kier molecular flexibility index (Phi) is 7.04. The van der Waals surface area contributed by atoms with Gasteiger partial charge in [0.05, 0.1) is 32.2 Å². The second-order valence-electron chi connectivity index (χ2n) is 8.22. The predicted octanol–water partition coefficient (Wildman–Crippen LogP) is 3.13. The van der Waals surface area contributed by atoms with E-state index in [0.717, 1.165) is 35.6 Å². The van der Waals surface area contributed by atoms with E-state index in [1.165, 1.54) is 30.5 Å². The maximum absolute atomic E-state index is 13.0. The summed E-state index contributed by atoms with van der Waals surface area (Å²) in [7, 11) is 0. The second-order valence-corrected chi connectivity index (χ2v) is 8.22. The summed E-state index contributed by atoms with van der Waals surface area (Å²) in [4.78, 5) is 19.1. The smallest absolute Gasteiger partial charge is 0.271 e.